The third kappa shape index (κ3) is 3.80. The minimum Gasteiger partial charge on any atom is -0.352 e. The van der Waals surface area contributed by atoms with Crippen molar-refractivity contribution in [3.63, 3.8) is 0 Å². The SMILES string of the molecule is N#Cc1cc(-c2cc(C#N)c(N3CCN(C(=O)C4CC4)C(C4CC4)C3)nc2C2CC2)cnn1. The lowest BCUT2D eigenvalue weighted by molar-refractivity contribution is -0.135. The lowest BCUT2D eigenvalue weighted by Gasteiger charge is -2.43. The molecule has 8 nitrogen and oxygen atoms in total. The Balaban J connectivity index is 1.35. The average molecular weight is 440 g/mol. The molecule has 1 saturated heterocycles. The van der Waals surface area contributed by atoms with Crippen LogP contribution in [0.2, 0.25) is 0 Å². The Morgan fingerprint density at radius 3 is 2.52 bits per heavy atom. The molecule has 0 radical (unpaired) electrons. The van der Waals surface area contributed by atoms with Gasteiger partial charge in [0.15, 0.2) is 5.69 Å². The van der Waals surface area contributed by atoms with E-state index < -0.39 is 0 Å². The van der Waals surface area contributed by atoms with E-state index in [9.17, 15) is 15.3 Å². The molecule has 0 N–H and O–H groups in total. The van der Waals surface area contributed by atoms with E-state index in [1.165, 1.54) is 12.8 Å². The molecule has 1 unspecified atom stereocenters. The van der Waals surface area contributed by atoms with Crippen LogP contribution in [0.4, 0.5) is 5.82 Å². The molecule has 4 fully saturated rings. The van der Waals surface area contributed by atoms with Gasteiger partial charge in [0.05, 0.1) is 23.5 Å². The van der Waals surface area contributed by atoms with E-state index in [1.54, 1.807) is 12.3 Å². The summed E-state index contributed by atoms with van der Waals surface area (Å²) < 4.78 is 0. The second-order valence-electron chi connectivity index (χ2n) is 9.78. The molecule has 0 aromatic carbocycles. The van der Waals surface area contributed by atoms with Gasteiger partial charge in [-0.1, -0.05) is 0 Å². The van der Waals surface area contributed by atoms with Crippen LogP contribution in [0.5, 0.6) is 0 Å². The smallest absolute Gasteiger partial charge is 0.226 e. The van der Waals surface area contributed by atoms with Gasteiger partial charge in [0.1, 0.15) is 18.0 Å². The van der Waals surface area contributed by atoms with Gasteiger partial charge in [0.25, 0.3) is 0 Å². The number of carbonyl (C=O) groups is 1. The molecule has 33 heavy (non-hydrogen) atoms. The van der Waals surface area contributed by atoms with Crippen molar-refractivity contribution in [1.29, 1.82) is 10.5 Å². The lowest BCUT2D eigenvalue weighted by atomic mass is 9.99. The molecule has 8 heteroatoms. The molecule has 0 spiro atoms. The third-order valence-electron chi connectivity index (χ3n) is 7.29. The molecule has 3 aliphatic carbocycles. The number of nitrogens with zero attached hydrogens (tertiary/aromatic N) is 7. The molecule has 1 atom stereocenters. The van der Waals surface area contributed by atoms with Gasteiger partial charge < -0.3 is 9.80 Å². The Kier molecular flexibility index (Phi) is 4.76. The van der Waals surface area contributed by atoms with Crippen LogP contribution in [-0.4, -0.2) is 51.7 Å². The number of aromatic nitrogens is 3. The summed E-state index contributed by atoms with van der Waals surface area (Å²) in [6.07, 6.45) is 8.19. The van der Waals surface area contributed by atoms with Crippen LogP contribution in [-0.2, 0) is 4.79 Å². The van der Waals surface area contributed by atoms with Crippen LogP contribution in [0.15, 0.2) is 18.3 Å². The number of nitriles is 2. The highest BCUT2D eigenvalue weighted by Gasteiger charge is 2.45. The number of amides is 1. The summed E-state index contributed by atoms with van der Waals surface area (Å²) in [6, 6.07) is 8.22. The molecule has 4 aliphatic rings. The van der Waals surface area contributed by atoms with Crippen molar-refractivity contribution < 1.29 is 4.79 Å². The predicted molar refractivity (Wildman–Crippen MR) is 120 cm³/mol. The molecule has 3 heterocycles. The van der Waals surface area contributed by atoms with Gasteiger partial charge in [0, 0.05) is 42.6 Å². The molecular weight excluding hydrogens is 414 g/mol. The van der Waals surface area contributed by atoms with Crippen LogP contribution in [0.1, 0.15) is 61.4 Å². The first-order valence-electron chi connectivity index (χ1n) is 11.9. The molecule has 2 aromatic rings. The van der Waals surface area contributed by atoms with Gasteiger partial charge in [-0.05, 0) is 56.6 Å². The van der Waals surface area contributed by atoms with Gasteiger partial charge in [0.2, 0.25) is 5.91 Å². The van der Waals surface area contributed by atoms with Crippen LogP contribution < -0.4 is 4.90 Å². The molecule has 1 amide bonds. The van der Waals surface area contributed by atoms with Crippen LogP contribution in [0.25, 0.3) is 11.1 Å². The van der Waals surface area contributed by atoms with Crippen molar-refractivity contribution in [2.45, 2.75) is 50.5 Å². The number of hydrogen-bond acceptors (Lipinski definition) is 7. The first-order valence-corrected chi connectivity index (χ1v) is 11.9. The van der Waals surface area contributed by atoms with E-state index in [4.69, 9.17) is 4.98 Å². The van der Waals surface area contributed by atoms with Crippen molar-refractivity contribution in [2.24, 2.45) is 11.8 Å². The quantitative estimate of drug-likeness (QED) is 0.704. The second kappa shape index (κ2) is 7.81. The number of carbonyl (C=O) groups excluding carboxylic acids is 1. The molecule has 166 valence electrons. The minimum atomic E-state index is 0.215. The summed E-state index contributed by atoms with van der Waals surface area (Å²) in [5.74, 6) is 2.22. The Labute approximate surface area is 192 Å². The summed E-state index contributed by atoms with van der Waals surface area (Å²) in [5.41, 5.74) is 3.39. The van der Waals surface area contributed by atoms with Gasteiger partial charge in [-0.15, -0.1) is 5.10 Å². The highest BCUT2D eigenvalue weighted by Crippen LogP contribution is 2.45. The monoisotopic (exact) mass is 439 g/mol. The first-order chi connectivity index (χ1) is 16.2. The van der Waals surface area contributed by atoms with E-state index in [2.05, 4.69) is 26.1 Å². The summed E-state index contributed by atoms with van der Waals surface area (Å²) >= 11 is 0. The van der Waals surface area contributed by atoms with E-state index in [-0.39, 0.29) is 17.7 Å². The number of hydrogen-bond donors (Lipinski definition) is 0. The van der Waals surface area contributed by atoms with Crippen molar-refractivity contribution in [2.75, 3.05) is 24.5 Å². The van der Waals surface area contributed by atoms with Crippen molar-refractivity contribution >= 4 is 11.7 Å². The van der Waals surface area contributed by atoms with E-state index in [0.29, 0.717) is 36.4 Å². The summed E-state index contributed by atoms with van der Waals surface area (Å²) in [4.78, 5) is 22.3. The number of rotatable bonds is 5. The van der Waals surface area contributed by atoms with E-state index in [0.717, 1.165) is 54.9 Å². The number of anilines is 1. The van der Waals surface area contributed by atoms with E-state index in [1.807, 2.05) is 12.1 Å². The first kappa shape index (κ1) is 20.1. The molecular formula is C25H25N7O. The number of pyridine rings is 1. The Morgan fingerprint density at radius 2 is 1.85 bits per heavy atom. The Hall–Kier alpha value is -3.52. The van der Waals surface area contributed by atoms with Crippen molar-refractivity contribution in [1.82, 2.24) is 20.1 Å². The zero-order valence-corrected chi connectivity index (χ0v) is 18.4. The molecule has 3 saturated carbocycles. The number of piperazine rings is 1. The molecule has 2 aromatic heterocycles. The molecule has 0 bridgehead atoms. The summed E-state index contributed by atoms with van der Waals surface area (Å²) in [6.45, 7) is 2.13. The van der Waals surface area contributed by atoms with Crippen molar-refractivity contribution in [3.8, 4) is 23.3 Å². The van der Waals surface area contributed by atoms with Crippen molar-refractivity contribution in [3.05, 3.63) is 35.3 Å². The maximum atomic E-state index is 12.9. The summed E-state index contributed by atoms with van der Waals surface area (Å²) in [5, 5.41) is 27.1. The van der Waals surface area contributed by atoms with Crippen LogP contribution in [0, 0.1) is 34.5 Å². The second-order valence-corrected chi connectivity index (χ2v) is 9.78. The van der Waals surface area contributed by atoms with Gasteiger partial charge in [-0.2, -0.15) is 15.6 Å². The predicted octanol–water partition coefficient (Wildman–Crippen LogP) is 3.00. The van der Waals surface area contributed by atoms with E-state index >= 15 is 0 Å². The minimum absolute atomic E-state index is 0.215. The average Bonchev–Trinajstić information content (AvgIpc) is 3.72. The zero-order chi connectivity index (χ0) is 22.5. The van der Waals surface area contributed by atoms with Gasteiger partial charge in [-0.25, -0.2) is 4.98 Å². The maximum Gasteiger partial charge on any atom is 0.226 e. The Morgan fingerprint density at radius 1 is 1.03 bits per heavy atom. The fraction of sp³-hybridized carbons (Fsp3) is 0.520. The zero-order valence-electron chi connectivity index (χ0n) is 18.4. The third-order valence-corrected chi connectivity index (χ3v) is 7.29. The highest BCUT2D eigenvalue weighted by molar-refractivity contribution is 5.82. The highest BCUT2D eigenvalue weighted by atomic mass is 16.2. The lowest BCUT2D eigenvalue weighted by Crippen LogP contribution is -2.57. The Bertz CT molecular complexity index is 1200. The normalized spacial score (nSPS) is 22.5. The largest absolute Gasteiger partial charge is 0.352 e. The van der Waals surface area contributed by atoms with Gasteiger partial charge >= 0.3 is 0 Å². The fourth-order valence-electron chi connectivity index (χ4n) is 5.03. The van der Waals surface area contributed by atoms with Crippen LogP contribution in [0.3, 0.4) is 0 Å². The fourth-order valence-corrected chi connectivity index (χ4v) is 5.03. The molecule has 1 aliphatic heterocycles. The topological polar surface area (TPSA) is 110 Å². The maximum absolute atomic E-state index is 12.9. The summed E-state index contributed by atoms with van der Waals surface area (Å²) in [7, 11) is 0. The molecule has 6 rings (SSSR count). The standard InChI is InChI=1S/C25H25N7O/c26-11-18-10-21(19-9-20(12-27)30-28-13-19)23(16-3-4-16)29-24(18)31-7-8-32(25(33)17-5-6-17)22(14-31)15-1-2-15/h9-10,13,15-17,22H,1-8,14H2. The van der Waals surface area contributed by atoms with Gasteiger partial charge in [-0.3, -0.25) is 4.79 Å². The van der Waals surface area contributed by atoms with Crippen LogP contribution >= 0.6 is 0 Å².